The quantitative estimate of drug-likeness (QED) is 0.106. The standard InChI is InChI=1S/C23H35NO19/c25-4-7-19(14(32)16(34)21(37)38-7)41-23-18(36)15(33)20(8(5-26)40-23)42-22-17(35)13(31)12(30)6(39-22)3-11(29)43-24-9(27)1-2-10(24)28/h6-8,12-23,25-26,30-37H,1-5H2/t6?,7?,8?,12-,13+,14-,15-,16?,17?,18?,19-,20-,21?,22+,23+/m1/s1. The van der Waals surface area contributed by atoms with Crippen molar-refractivity contribution in [3.63, 3.8) is 0 Å². The van der Waals surface area contributed by atoms with Gasteiger partial charge in [-0.2, -0.15) is 0 Å². The van der Waals surface area contributed by atoms with Crippen LogP contribution >= 0.6 is 0 Å². The zero-order valence-corrected chi connectivity index (χ0v) is 22.3. The molecule has 0 aliphatic carbocycles. The van der Waals surface area contributed by atoms with Gasteiger partial charge in [0, 0.05) is 12.8 Å². The maximum absolute atomic E-state index is 12.3. The van der Waals surface area contributed by atoms with Crippen LogP contribution in [-0.2, 0) is 42.9 Å². The van der Waals surface area contributed by atoms with Crippen LogP contribution in [0.2, 0.25) is 0 Å². The summed E-state index contributed by atoms with van der Waals surface area (Å²) in [5, 5.41) is 102. The number of rotatable bonds is 9. The lowest BCUT2D eigenvalue weighted by molar-refractivity contribution is -0.377. The number of aliphatic hydroxyl groups is 10. The van der Waals surface area contributed by atoms with E-state index >= 15 is 0 Å². The van der Waals surface area contributed by atoms with Gasteiger partial charge in [-0.1, -0.05) is 0 Å². The monoisotopic (exact) mass is 629 g/mol. The first-order valence-corrected chi connectivity index (χ1v) is 13.3. The molecular weight excluding hydrogens is 594 g/mol. The minimum absolute atomic E-state index is 0.173. The van der Waals surface area contributed by atoms with E-state index in [4.69, 9.17) is 28.5 Å². The molecular formula is C23H35NO19. The number of aliphatic hydroxyl groups excluding tert-OH is 10. The second-order valence-corrected chi connectivity index (χ2v) is 10.4. The van der Waals surface area contributed by atoms with Gasteiger partial charge in [0.15, 0.2) is 18.9 Å². The zero-order chi connectivity index (χ0) is 31.7. The van der Waals surface area contributed by atoms with Crippen molar-refractivity contribution in [2.75, 3.05) is 13.2 Å². The molecule has 4 aliphatic heterocycles. The Bertz CT molecular complexity index is 982. The lowest BCUT2D eigenvalue weighted by atomic mass is 9.95. The lowest BCUT2D eigenvalue weighted by Crippen LogP contribution is -2.66. The second-order valence-electron chi connectivity index (χ2n) is 10.4. The van der Waals surface area contributed by atoms with Gasteiger partial charge in [-0.15, -0.1) is 5.06 Å². The Labute approximate surface area is 242 Å². The summed E-state index contributed by atoms with van der Waals surface area (Å²) in [7, 11) is 0. The van der Waals surface area contributed by atoms with Crippen LogP contribution in [0.15, 0.2) is 0 Å². The molecule has 246 valence electrons. The molecule has 20 heteroatoms. The van der Waals surface area contributed by atoms with Gasteiger partial charge in [-0.05, 0) is 0 Å². The number of nitrogens with zero attached hydrogens (tertiary/aromatic N) is 1. The third kappa shape index (κ3) is 6.98. The topological polar surface area (TPSA) is 312 Å². The Morgan fingerprint density at radius 3 is 1.65 bits per heavy atom. The molecule has 7 unspecified atom stereocenters. The van der Waals surface area contributed by atoms with Gasteiger partial charge in [0.2, 0.25) is 0 Å². The molecule has 0 spiro atoms. The third-order valence-corrected chi connectivity index (χ3v) is 7.48. The summed E-state index contributed by atoms with van der Waals surface area (Å²) >= 11 is 0. The fraction of sp³-hybridized carbons (Fsp3) is 0.870. The molecule has 0 aromatic carbocycles. The van der Waals surface area contributed by atoms with Gasteiger partial charge in [0.25, 0.3) is 11.8 Å². The maximum Gasteiger partial charge on any atom is 0.335 e. The molecule has 0 aromatic heterocycles. The highest BCUT2D eigenvalue weighted by Gasteiger charge is 2.53. The molecule has 4 saturated heterocycles. The number of carbonyl (C=O) groups excluding carboxylic acids is 3. The Morgan fingerprint density at radius 1 is 0.651 bits per heavy atom. The predicted octanol–water partition coefficient (Wildman–Crippen LogP) is -7.57. The van der Waals surface area contributed by atoms with Gasteiger partial charge in [0.1, 0.15) is 67.1 Å². The summed E-state index contributed by atoms with van der Waals surface area (Å²) in [6.07, 6.45) is -28.4. The van der Waals surface area contributed by atoms with Crippen molar-refractivity contribution in [2.24, 2.45) is 0 Å². The van der Waals surface area contributed by atoms with Crippen molar-refractivity contribution in [3.8, 4) is 0 Å². The van der Waals surface area contributed by atoms with Crippen molar-refractivity contribution in [3.05, 3.63) is 0 Å². The van der Waals surface area contributed by atoms with E-state index in [9.17, 15) is 65.4 Å². The zero-order valence-electron chi connectivity index (χ0n) is 22.3. The molecule has 15 atom stereocenters. The van der Waals surface area contributed by atoms with Crippen molar-refractivity contribution in [1.82, 2.24) is 5.06 Å². The Kier molecular flexibility index (Phi) is 11.0. The van der Waals surface area contributed by atoms with Crippen LogP contribution in [0.5, 0.6) is 0 Å². The maximum atomic E-state index is 12.3. The fourth-order valence-electron chi connectivity index (χ4n) is 5.04. The lowest BCUT2D eigenvalue weighted by Gasteiger charge is -2.47. The molecule has 4 rings (SSSR count). The fourth-order valence-corrected chi connectivity index (χ4v) is 5.04. The van der Waals surface area contributed by atoms with Crippen molar-refractivity contribution >= 4 is 17.8 Å². The molecule has 20 nitrogen and oxygen atoms in total. The van der Waals surface area contributed by atoms with Crippen molar-refractivity contribution < 1.29 is 94.0 Å². The van der Waals surface area contributed by atoms with Crippen molar-refractivity contribution in [1.29, 1.82) is 0 Å². The minimum atomic E-state index is -2.01. The SMILES string of the molecule is O=C(CC1O[C@@H](O[C@@H]2C(CO)O[C@@H](O[C@@H]3C(CO)OC(O)C(O)[C@H]3O)C(O)[C@H]2O)C(O)[C@@H](O)[C@@H]1O)ON1C(=O)CCC1=O. The molecule has 0 aromatic rings. The first-order chi connectivity index (χ1) is 20.3. The summed E-state index contributed by atoms with van der Waals surface area (Å²) < 4.78 is 26.8. The number of imide groups is 1. The molecule has 0 radical (unpaired) electrons. The largest absolute Gasteiger partial charge is 0.394 e. The molecule has 2 amide bonds. The predicted molar refractivity (Wildman–Crippen MR) is 126 cm³/mol. The van der Waals surface area contributed by atoms with E-state index < -0.39 is 130 Å². The molecule has 4 heterocycles. The summed E-state index contributed by atoms with van der Waals surface area (Å²) in [5.41, 5.74) is 0. The molecule has 4 fully saturated rings. The third-order valence-electron chi connectivity index (χ3n) is 7.48. The van der Waals surface area contributed by atoms with E-state index in [0.29, 0.717) is 0 Å². The van der Waals surface area contributed by atoms with Gasteiger partial charge in [0.05, 0.1) is 25.7 Å². The van der Waals surface area contributed by atoms with E-state index in [-0.39, 0.29) is 17.9 Å². The summed E-state index contributed by atoms with van der Waals surface area (Å²) in [6.45, 7) is -1.72. The Morgan fingerprint density at radius 2 is 1.12 bits per heavy atom. The molecule has 0 bridgehead atoms. The molecule has 4 aliphatic rings. The highest BCUT2D eigenvalue weighted by Crippen LogP contribution is 2.32. The van der Waals surface area contributed by atoms with E-state index in [1.54, 1.807) is 0 Å². The number of hydrogen-bond acceptors (Lipinski definition) is 19. The molecule has 43 heavy (non-hydrogen) atoms. The van der Waals surface area contributed by atoms with Crippen LogP contribution in [0, 0.1) is 0 Å². The van der Waals surface area contributed by atoms with Crippen LogP contribution in [0.3, 0.4) is 0 Å². The second kappa shape index (κ2) is 14.0. The summed E-state index contributed by atoms with van der Waals surface area (Å²) in [6, 6.07) is 0. The number of hydroxylamine groups is 2. The molecule has 0 saturated carbocycles. The normalized spacial score (nSPS) is 45.8. The van der Waals surface area contributed by atoms with Crippen LogP contribution < -0.4 is 0 Å². The van der Waals surface area contributed by atoms with E-state index in [1.807, 2.05) is 0 Å². The van der Waals surface area contributed by atoms with Crippen LogP contribution in [-0.4, -0.2) is 179 Å². The summed E-state index contributed by atoms with van der Waals surface area (Å²) in [4.78, 5) is 40.4. The Balaban J connectivity index is 1.42. The number of carbonyl (C=O) groups is 3. The minimum Gasteiger partial charge on any atom is -0.394 e. The van der Waals surface area contributed by atoms with Gasteiger partial charge >= 0.3 is 5.97 Å². The van der Waals surface area contributed by atoms with E-state index in [0.717, 1.165) is 0 Å². The van der Waals surface area contributed by atoms with E-state index in [1.165, 1.54) is 0 Å². The number of amides is 2. The summed E-state index contributed by atoms with van der Waals surface area (Å²) in [5.74, 6) is -2.76. The smallest absolute Gasteiger partial charge is 0.335 e. The van der Waals surface area contributed by atoms with Crippen molar-refractivity contribution in [2.45, 2.75) is 111 Å². The van der Waals surface area contributed by atoms with Crippen LogP contribution in [0.4, 0.5) is 0 Å². The average molecular weight is 630 g/mol. The highest BCUT2D eigenvalue weighted by molar-refractivity contribution is 6.01. The average Bonchev–Trinajstić information content (AvgIpc) is 3.29. The number of hydrogen-bond donors (Lipinski definition) is 10. The van der Waals surface area contributed by atoms with Gasteiger partial charge < -0.3 is 79.6 Å². The number of ether oxygens (including phenoxy) is 5. The van der Waals surface area contributed by atoms with Gasteiger partial charge in [-0.25, -0.2) is 4.79 Å². The Hall–Kier alpha value is -1.99. The van der Waals surface area contributed by atoms with Crippen LogP contribution in [0.1, 0.15) is 19.3 Å². The van der Waals surface area contributed by atoms with E-state index in [2.05, 4.69) is 0 Å². The highest BCUT2D eigenvalue weighted by atomic mass is 16.8. The molecule has 10 N–H and O–H groups in total. The van der Waals surface area contributed by atoms with Crippen LogP contribution in [0.25, 0.3) is 0 Å². The first kappa shape index (κ1) is 33.9. The first-order valence-electron chi connectivity index (χ1n) is 13.3. The van der Waals surface area contributed by atoms with Gasteiger partial charge in [-0.3, -0.25) is 9.59 Å².